The summed E-state index contributed by atoms with van der Waals surface area (Å²) in [6.45, 7) is 4.32. The van der Waals surface area contributed by atoms with Crippen LogP contribution in [-0.4, -0.2) is 12.7 Å². The molecule has 16 heavy (non-hydrogen) atoms. The number of anilines is 2. The zero-order chi connectivity index (χ0) is 12.1. The lowest BCUT2D eigenvalue weighted by atomic mass is 10.2. The first-order valence-electron chi connectivity index (χ1n) is 4.98. The molecule has 0 spiro atoms. The minimum Gasteiger partial charge on any atom is -0.449 e. The van der Waals surface area contributed by atoms with Crippen molar-refractivity contribution in [3.8, 4) is 0 Å². The molecular weight excluding hydrogens is 228 g/mol. The lowest BCUT2D eigenvalue weighted by molar-refractivity contribution is 0.147. The molecular formula is C11H15ClN2O2. The van der Waals surface area contributed by atoms with Gasteiger partial charge in [-0.05, 0) is 24.1 Å². The fourth-order valence-electron chi connectivity index (χ4n) is 1.02. The molecule has 1 amide bonds. The summed E-state index contributed by atoms with van der Waals surface area (Å²) in [4.78, 5) is 11.3. The number of halogens is 1. The number of hydrogen-bond acceptors (Lipinski definition) is 3. The van der Waals surface area contributed by atoms with Crippen LogP contribution in [0.5, 0.6) is 0 Å². The van der Waals surface area contributed by atoms with Crippen LogP contribution in [0, 0.1) is 5.92 Å². The van der Waals surface area contributed by atoms with E-state index in [1.165, 1.54) is 0 Å². The van der Waals surface area contributed by atoms with Crippen LogP contribution in [-0.2, 0) is 4.74 Å². The molecule has 0 saturated heterocycles. The monoisotopic (exact) mass is 242 g/mol. The van der Waals surface area contributed by atoms with Gasteiger partial charge in [0.2, 0.25) is 0 Å². The van der Waals surface area contributed by atoms with Gasteiger partial charge in [0.15, 0.2) is 0 Å². The molecule has 1 aromatic carbocycles. The van der Waals surface area contributed by atoms with Gasteiger partial charge in [0.25, 0.3) is 0 Å². The molecule has 0 unspecified atom stereocenters. The number of carbonyl (C=O) groups is 1. The van der Waals surface area contributed by atoms with Crippen molar-refractivity contribution in [2.45, 2.75) is 13.8 Å². The third kappa shape index (κ3) is 3.98. The van der Waals surface area contributed by atoms with Crippen LogP contribution >= 0.6 is 11.6 Å². The van der Waals surface area contributed by atoms with Gasteiger partial charge >= 0.3 is 6.09 Å². The lowest BCUT2D eigenvalue weighted by Crippen LogP contribution is -2.16. The van der Waals surface area contributed by atoms with E-state index in [2.05, 4.69) is 5.32 Å². The van der Waals surface area contributed by atoms with Crippen molar-refractivity contribution in [3.63, 3.8) is 0 Å². The second kappa shape index (κ2) is 5.61. The molecule has 0 fully saturated rings. The van der Waals surface area contributed by atoms with Crippen LogP contribution in [0.1, 0.15) is 13.8 Å². The summed E-state index contributed by atoms with van der Waals surface area (Å²) < 4.78 is 4.95. The van der Waals surface area contributed by atoms with Gasteiger partial charge in [-0.25, -0.2) is 4.79 Å². The van der Waals surface area contributed by atoms with E-state index in [4.69, 9.17) is 22.1 Å². The van der Waals surface area contributed by atoms with E-state index < -0.39 is 6.09 Å². The minimum atomic E-state index is -0.490. The van der Waals surface area contributed by atoms with Crippen LogP contribution in [0.3, 0.4) is 0 Å². The zero-order valence-corrected chi connectivity index (χ0v) is 10.0. The Hall–Kier alpha value is -1.42. The van der Waals surface area contributed by atoms with E-state index >= 15 is 0 Å². The Kier molecular flexibility index (Phi) is 4.43. The molecule has 0 radical (unpaired) electrons. The van der Waals surface area contributed by atoms with Crippen molar-refractivity contribution >= 4 is 29.1 Å². The summed E-state index contributed by atoms with van der Waals surface area (Å²) in [7, 11) is 0. The average molecular weight is 243 g/mol. The van der Waals surface area contributed by atoms with Gasteiger partial charge in [-0.3, -0.25) is 5.32 Å². The SMILES string of the molecule is CC(C)COC(=O)Nc1ccc(Cl)c(N)c1. The van der Waals surface area contributed by atoms with Crippen LogP contribution < -0.4 is 11.1 Å². The Balaban J connectivity index is 2.53. The molecule has 0 bridgehead atoms. The van der Waals surface area contributed by atoms with E-state index in [1.807, 2.05) is 13.8 Å². The van der Waals surface area contributed by atoms with Gasteiger partial charge in [0.1, 0.15) is 0 Å². The highest BCUT2D eigenvalue weighted by molar-refractivity contribution is 6.33. The third-order valence-corrected chi connectivity index (χ3v) is 2.13. The van der Waals surface area contributed by atoms with Crippen molar-refractivity contribution < 1.29 is 9.53 Å². The highest BCUT2D eigenvalue weighted by atomic mass is 35.5. The number of benzene rings is 1. The first-order valence-corrected chi connectivity index (χ1v) is 5.35. The highest BCUT2D eigenvalue weighted by Gasteiger charge is 2.05. The molecule has 4 nitrogen and oxygen atoms in total. The number of nitrogen functional groups attached to an aromatic ring is 1. The van der Waals surface area contributed by atoms with Gasteiger partial charge in [0.05, 0.1) is 17.3 Å². The van der Waals surface area contributed by atoms with Crippen molar-refractivity contribution in [2.24, 2.45) is 5.92 Å². The topological polar surface area (TPSA) is 64.3 Å². The number of carbonyl (C=O) groups excluding carboxylic acids is 1. The van der Waals surface area contributed by atoms with Crippen molar-refractivity contribution in [2.75, 3.05) is 17.7 Å². The molecule has 88 valence electrons. The van der Waals surface area contributed by atoms with Crippen LogP contribution in [0.2, 0.25) is 5.02 Å². The van der Waals surface area contributed by atoms with E-state index in [9.17, 15) is 4.79 Å². The molecule has 0 aliphatic heterocycles. The molecule has 0 saturated carbocycles. The Labute approximate surface area is 99.7 Å². The number of ether oxygens (including phenoxy) is 1. The van der Waals surface area contributed by atoms with Crippen LogP contribution in [0.15, 0.2) is 18.2 Å². The number of amides is 1. The molecule has 0 aliphatic rings. The largest absolute Gasteiger partial charge is 0.449 e. The zero-order valence-electron chi connectivity index (χ0n) is 9.29. The molecule has 3 N–H and O–H groups in total. The second-order valence-corrected chi connectivity index (χ2v) is 4.26. The maximum absolute atomic E-state index is 11.3. The molecule has 1 rings (SSSR count). The molecule has 0 aliphatic carbocycles. The highest BCUT2D eigenvalue weighted by Crippen LogP contribution is 2.22. The van der Waals surface area contributed by atoms with Gasteiger partial charge in [0, 0.05) is 5.69 Å². The fraction of sp³-hybridized carbons (Fsp3) is 0.364. The number of nitrogens with two attached hydrogens (primary N) is 1. The summed E-state index contributed by atoms with van der Waals surface area (Å²) in [5, 5.41) is 3.02. The lowest BCUT2D eigenvalue weighted by Gasteiger charge is -2.09. The quantitative estimate of drug-likeness (QED) is 0.801. The second-order valence-electron chi connectivity index (χ2n) is 3.85. The Morgan fingerprint density at radius 1 is 1.56 bits per heavy atom. The smallest absolute Gasteiger partial charge is 0.411 e. The summed E-state index contributed by atoms with van der Waals surface area (Å²) in [6, 6.07) is 4.86. The van der Waals surface area contributed by atoms with Gasteiger partial charge < -0.3 is 10.5 Å². The Morgan fingerprint density at radius 2 is 2.25 bits per heavy atom. The normalized spacial score (nSPS) is 10.2. The van der Waals surface area contributed by atoms with Crippen molar-refractivity contribution in [3.05, 3.63) is 23.2 Å². The van der Waals surface area contributed by atoms with Gasteiger partial charge in [-0.15, -0.1) is 0 Å². The van der Waals surface area contributed by atoms with Gasteiger partial charge in [-0.1, -0.05) is 25.4 Å². The first-order chi connectivity index (χ1) is 7.49. The summed E-state index contributed by atoms with van der Waals surface area (Å²) >= 11 is 5.75. The minimum absolute atomic E-state index is 0.307. The average Bonchev–Trinajstić information content (AvgIpc) is 2.21. The van der Waals surface area contributed by atoms with E-state index in [0.29, 0.717) is 28.9 Å². The summed E-state index contributed by atoms with van der Waals surface area (Å²) in [6.07, 6.45) is -0.490. The van der Waals surface area contributed by atoms with E-state index in [0.717, 1.165) is 0 Å². The predicted molar refractivity (Wildman–Crippen MR) is 65.7 cm³/mol. The molecule has 0 aromatic heterocycles. The number of nitrogens with one attached hydrogen (secondary N) is 1. The maximum atomic E-state index is 11.3. The number of hydrogen-bond donors (Lipinski definition) is 2. The first kappa shape index (κ1) is 12.6. The van der Waals surface area contributed by atoms with Gasteiger partial charge in [-0.2, -0.15) is 0 Å². The predicted octanol–water partition coefficient (Wildman–Crippen LogP) is 3.13. The summed E-state index contributed by atoms with van der Waals surface area (Å²) in [5.41, 5.74) is 6.58. The molecule has 1 aromatic rings. The van der Waals surface area contributed by atoms with E-state index in [-0.39, 0.29) is 0 Å². The molecule has 0 atom stereocenters. The maximum Gasteiger partial charge on any atom is 0.411 e. The number of rotatable bonds is 3. The molecule has 0 heterocycles. The summed E-state index contributed by atoms with van der Waals surface area (Å²) in [5.74, 6) is 0.307. The molecule has 5 heteroatoms. The standard InChI is InChI=1S/C11H15ClN2O2/c1-7(2)6-16-11(15)14-8-3-4-9(12)10(13)5-8/h3-5,7H,6,13H2,1-2H3,(H,14,15). The van der Waals surface area contributed by atoms with E-state index in [1.54, 1.807) is 18.2 Å². The third-order valence-electron chi connectivity index (χ3n) is 1.79. The Morgan fingerprint density at radius 3 is 2.81 bits per heavy atom. The van der Waals surface area contributed by atoms with Crippen molar-refractivity contribution in [1.82, 2.24) is 0 Å². The van der Waals surface area contributed by atoms with Crippen LogP contribution in [0.4, 0.5) is 16.2 Å². The van der Waals surface area contributed by atoms with Crippen molar-refractivity contribution in [1.29, 1.82) is 0 Å². The Bertz CT molecular complexity index is 380. The fourth-order valence-corrected chi connectivity index (χ4v) is 1.14. The van der Waals surface area contributed by atoms with Crippen LogP contribution in [0.25, 0.3) is 0 Å².